The van der Waals surface area contributed by atoms with Crippen molar-refractivity contribution in [2.75, 3.05) is 11.9 Å². The molecule has 0 radical (unpaired) electrons. The van der Waals surface area contributed by atoms with Gasteiger partial charge in [0.15, 0.2) is 5.69 Å². The molecule has 142 valence electrons. The van der Waals surface area contributed by atoms with E-state index in [4.69, 9.17) is 4.42 Å². The standard InChI is InChI=1S/C23H23N3O2/c27-22(21-14-28-23(26-21)17-4-2-1-3-5-17)25-18-10-8-16(9-11-18)19-12-20(19)24-13-15-6-7-15/h1-5,8-11,14-15,19-20,24H,6-7,12-13H2,(H,25,27)/t19-,20+/m0/s1. The number of benzene rings is 2. The number of nitrogens with one attached hydrogen (secondary N) is 2. The molecule has 1 amide bonds. The molecule has 0 spiro atoms. The number of hydrogen-bond acceptors (Lipinski definition) is 4. The van der Waals surface area contributed by atoms with Crippen molar-refractivity contribution in [1.82, 2.24) is 10.3 Å². The van der Waals surface area contributed by atoms with Gasteiger partial charge in [-0.2, -0.15) is 0 Å². The average molecular weight is 373 g/mol. The van der Waals surface area contributed by atoms with Crippen LogP contribution in [0, 0.1) is 5.92 Å². The predicted molar refractivity (Wildman–Crippen MR) is 108 cm³/mol. The Bertz CT molecular complexity index is 961. The molecule has 2 aliphatic carbocycles. The third-order valence-electron chi connectivity index (χ3n) is 5.51. The van der Waals surface area contributed by atoms with Crippen molar-refractivity contribution in [2.24, 2.45) is 5.92 Å². The minimum absolute atomic E-state index is 0.269. The summed E-state index contributed by atoms with van der Waals surface area (Å²) in [6.07, 6.45) is 5.38. The topological polar surface area (TPSA) is 67.2 Å². The molecule has 2 N–H and O–H groups in total. The highest BCUT2D eigenvalue weighted by atomic mass is 16.3. The average Bonchev–Trinajstić information content (AvgIpc) is 3.65. The number of amides is 1. The van der Waals surface area contributed by atoms with Crippen molar-refractivity contribution < 1.29 is 9.21 Å². The first kappa shape index (κ1) is 17.2. The molecule has 2 atom stereocenters. The van der Waals surface area contributed by atoms with E-state index >= 15 is 0 Å². The van der Waals surface area contributed by atoms with Gasteiger partial charge < -0.3 is 15.1 Å². The van der Waals surface area contributed by atoms with Gasteiger partial charge in [0.2, 0.25) is 5.89 Å². The summed E-state index contributed by atoms with van der Waals surface area (Å²) in [6.45, 7) is 1.16. The van der Waals surface area contributed by atoms with Crippen molar-refractivity contribution in [2.45, 2.75) is 31.2 Å². The van der Waals surface area contributed by atoms with E-state index in [-0.39, 0.29) is 11.6 Å². The van der Waals surface area contributed by atoms with E-state index in [0.29, 0.717) is 17.9 Å². The lowest BCUT2D eigenvalue weighted by Crippen LogP contribution is -2.20. The van der Waals surface area contributed by atoms with Crippen molar-refractivity contribution in [1.29, 1.82) is 0 Å². The zero-order valence-corrected chi connectivity index (χ0v) is 15.6. The van der Waals surface area contributed by atoms with Crippen LogP contribution in [0.5, 0.6) is 0 Å². The Morgan fingerprint density at radius 1 is 1.07 bits per heavy atom. The lowest BCUT2D eigenvalue weighted by Gasteiger charge is -2.06. The molecule has 28 heavy (non-hydrogen) atoms. The van der Waals surface area contributed by atoms with Crippen LogP contribution in [0.3, 0.4) is 0 Å². The fourth-order valence-corrected chi connectivity index (χ4v) is 3.53. The second kappa shape index (κ2) is 7.24. The van der Waals surface area contributed by atoms with Crippen LogP contribution in [-0.2, 0) is 0 Å². The van der Waals surface area contributed by atoms with Crippen LogP contribution >= 0.6 is 0 Å². The number of carbonyl (C=O) groups excluding carboxylic acids is 1. The zero-order chi connectivity index (χ0) is 18.9. The lowest BCUT2D eigenvalue weighted by atomic mass is 10.1. The monoisotopic (exact) mass is 373 g/mol. The molecule has 2 fully saturated rings. The predicted octanol–water partition coefficient (Wildman–Crippen LogP) is 4.45. The SMILES string of the molecule is O=C(Nc1ccc([C@@H]2C[C@H]2NCC2CC2)cc1)c1coc(-c2ccccc2)n1. The van der Waals surface area contributed by atoms with E-state index in [1.54, 1.807) is 0 Å². The molecule has 3 aromatic rings. The van der Waals surface area contributed by atoms with Crippen LogP contribution in [0.4, 0.5) is 5.69 Å². The molecule has 2 aliphatic rings. The van der Waals surface area contributed by atoms with Gasteiger partial charge in [-0.05, 0) is 61.6 Å². The first-order chi connectivity index (χ1) is 13.8. The maximum absolute atomic E-state index is 12.5. The summed E-state index contributed by atoms with van der Waals surface area (Å²) < 4.78 is 5.45. The second-order valence-electron chi connectivity index (χ2n) is 7.78. The number of nitrogens with zero attached hydrogens (tertiary/aromatic N) is 1. The highest BCUT2D eigenvalue weighted by Crippen LogP contribution is 2.41. The summed E-state index contributed by atoms with van der Waals surface area (Å²) in [5, 5.41) is 6.55. The van der Waals surface area contributed by atoms with E-state index in [2.05, 4.69) is 27.8 Å². The van der Waals surface area contributed by atoms with Crippen molar-refractivity contribution in [3.8, 4) is 11.5 Å². The largest absolute Gasteiger partial charge is 0.444 e. The van der Waals surface area contributed by atoms with Gasteiger partial charge >= 0.3 is 0 Å². The molecule has 2 aromatic carbocycles. The summed E-state index contributed by atoms with van der Waals surface area (Å²) in [5.41, 5.74) is 3.22. The fourth-order valence-electron chi connectivity index (χ4n) is 3.53. The van der Waals surface area contributed by atoms with Crippen molar-refractivity contribution in [3.63, 3.8) is 0 Å². The van der Waals surface area contributed by atoms with E-state index < -0.39 is 0 Å². The molecular weight excluding hydrogens is 350 g/mol. The van der Waals surface area contributed by atoms with E-state index in [9.17, 15) is 4.79 Å². The zero-order valence-electron chi connectivity index (χ0n) is 15.6. The highest BCUT2D eigenvalue weighted by Gasteiger charge is 2.38. The van der Waals surface area contributed by atoms with Crippen molar-refractivity contribution >= 4 is 11.6 Å². The van der Waals surface area contributed by atoms with Crippen LogP contribution in [-0.4, -0.2) is 23.5 Å². The summed E-state index contributed by atoms with van der Waals surface area (Å²) in [5.74, 6) is 1.69. The maximum atomic E-state index is 12.5. The first-order valence-electron chi connectivity index (χ1n) is 9.92. The molecule has 0 bridgehead atoms. The minimum atomic E-state index is -0.269. The minimum Gasteiger partial charge on any atom is -0.444 e. The Morgan fingerprint density at radius 2 is 1.86 bits per heavy atom. The van der Waals surface area contributed by atoms with Gasteiger partial charge in [0.05, 0.1) is 0 Å². The third kappa shape index (κ3) is 3.85. The van der Waals surface area contributed by atoms with Gasteiger partial charge in [-0.15, -0.1) is 0 Å². The summed E-state index contributed by atoms with van der Waals surface area (Å²) in [4.78, 5) is 16.7. The maximum Gasteiger partial charge on any atom is 0.277 e. The lowest BCUT2D eigenvalue weighted by molar-refractivity contribution is 0.102. The molecule has 0 saturated heterocycles. The Balaban J connectivity index is 1.18. The first-order valence-corrected chi connectivity index (χ1v) is 9.92. The Morgan fingerprint density at radius 3 is 2.61 bits per heavy atom. The molecule has 0 aliphatic heterocycles. The Labute approximate surface area is 164 Å². The fraction of sp³-hybridized carbons (Fsp3) is 0.304. The quantitative estimate of drug-likeness (QED) is 0.642. The van der Waals surface area contributed by atoms with Gasteiger partial charge in [0.25, 0.3) is 5.91 Å². The molecule has 5 nitrogen and oxygen atoms in total. The third-order valence-corrected chi connectivity index (χ3v) is 5.51. The summed E-state index contributed by atoms with van der Waals surface area (Å²) in [7, 11) is 0. The van der Waals surface area contributed by atoms with Gasteiger partial charge in [-0.25, -0.2) is 4.98 Å². The Hall–Kier alpha value is -2.92. The van der Waals surface area contributed by atoms with E-state index in [0.717, 1.165) is 23.7 Å². The van der Waals surface area contributed by atoms with Crippen molar-refractivity contribution in [3.05, 3.63) is 72.1 Å². The van der Waals surface area contributed by atoms with Crippen LogP contribution in [0.25, 0.3) is 11.5 Å². The van der Waals surface area contributed by atoms with Crippen LogP contribution in [0.15, 0.2) is 65.3 Å². The highest BCUT2D eigenvalue weighted by molar-refractivity contribution is 6.02. The number of anilines is 1. The second-order valence-corrected chi connectivity index (χ2v) is 7.78. The molecule has 5 heteroatoms. The molecule has 0 unspecified atom stereocenters. The van der Waals surface area contributed by atoms with Gasteiger partial charge in [-0.3, -0.25) is 4.79 Å². The molecule has 1 heterocycles. The molecule has 2 saturated carbocycles. The van der Waals surface area contributed by atoms with Crippen LogP contribution < -0.4 is 10.6 Å². The molecule has 5 rings (SSSR count). The summed E-state index contributed by atoms with van der Waals surface area (Å²) in [6, 6.07) is 18.3. The number of rotatable bonds is 7. The van der Waals surface area contributed by atoms with Gasteiger partial charge in [-0.1, -0.05) is 30.3 Å². The van der Waals surface area contributed by atoms with E-state index in [1.165, 1.54) is 31.1 Å². The van der Waals surface area contributed by atoms with Gasteiger partial charge in [0, 0.05) is 23.2 Å². The van der Waals surface area contributed by atoms with E-state index in [1.807, 2.05) is 42.5 Å². The molecule has 1 aromatic heterocycles. The normalized spacial score (nSPS) is 20.7. The Kier molecular flexibility index (Phi) is 4.45. The van der Waals surface area contributed by atoms with Crippen LogP contribution in [0.1, 0.15) is 41.2 Å². The summed E-state index contributed by atoms with van der Waals surface area (Å²) >= 11 is 0. The smallest absolute Gasteiger partial charge is 0.277 e. The van der Waals surface area contributed by atoms with Gasteiger partial charge in [0.1, 0.15) is 6.26 Å². The number of hydrogen-bond donors (Lipinski definition) is 2. The number of aromatic nitrogens is 1. The number of oxazole rings is 1. The van der Waals surface area contributed by atoms with Crippen LogP contribution in [0.2, 0.25) is 0 Å². The molecular formula is C23H23N3O2. The number of carbonyl (C=O) groups is 1.